The minimum absolute atomic E-state index is 0.0599. The third-order valence-electron chi connectivity index (χ3n) is 5.19. The van der Waals surface area contributed by atoms with Crippen LogP contribution in [0.3, 0.4) is 0 Å². The average molecular weight is 516 g/mol. The first-order chi connectivity index (χ1) is 17.5. The maximum Gasteiger partial charge on any atom is 0.407 e. The molecule has 0 radical (unpaired) electrons. The standard InChI is InChI=1S/C25H33N5O7/c1-5-35-22(33)17(29-24(34)36-14-25(2,3)4)13-15-6-7-18-16(12-15)28-21(32)19(37-18)8-9-20(31)30-23-26-10-11-27-23/h6-7,10-12,17,19H,5,8-9,13-14H2,1-4H3,(H,28,32)(H,29,34)(H2,26,27,30,31)/t17?,19-/m1/s1. The number of hydrogen-bond donors (Lipinski definition) is 4. The number of carbonyl (C=O) groups excluding carboxylic acids is 4. The average Bonchev–Trinajstić information content (AvgIpc) is 3.33. The highest BCUT2D eigenvalue weighted by Gasteiger charge is 2.29. The first kappa shape index (κ1) is 27.5. The van der Waals surface area contributed by atoms with Gasteiger partial charge in [-0.1, -0.05) is 26.8 Å². The van der Waals surface area contributed by atoms with Crippen molar-refractivity contribution in [3.63, 3.8) is 0 Å². The Bertz CT molecular complexity index is 1110. The minimum Gasteiger partial charge on any atom is -0.478 e. The predicted octanol–water partition coefficient (Wildman–Crippen LogP) is 2.77. The van der Waals surface area contributed by atoms with Crippen molar-refractivity contribution in [2.75, 3.05) is 23.8 Å². The highest BCUT2D eigenvalue weighted by atomic mass is 16.6. The maximum absolute atomic E-state index is 12.6. The van der Waals surface area contributed by atoms with Crippen molar-refractivity contribution in [2.45, 2.75) is 59.1 Å². The molecule has 1 unspecified atom stereocenters. The number of H-pyrrole nitrogens is 1. The van der Waals surface area contributed by atoms with E-state index in [2.05, 4.69) is 25.9 Å². The van der Waals surface area contributed by atoms with Gasteiger partial charge < -0.3 is 29.8 Å². The smallest absolute Gasteiger partial charge is 0.407 e. The number of nitrogens with zero attached hydrogens (tertiary/aromatic N) is 1. The van der Waals surface area contributed by atoms with Crippen molar-refractivity contribution in [2.24, 2.45) is 5.41 Å². The van der Waals surface area contributed by atoms with Gasteiger partial charge in [-0.25, -0.2) is 14.6 Å². The molecule has 1 aromatic heterocycles. The SMILES string of the molecule is CCOC(=O)C(Cc1ccc2c(c1)NC(=O)[C@@H](CCC(=O)Nc1ncc[nH]1)O2)NC(=O)OCC(C)(C)C. The van der Waals surface area contributed by atoms with Crippen molar-refractivity contribution >= 4 is 35.5 Å². The van der Waals surface area contributed by atoms with Gasteiger partial charge >= 0.3 is 12.1 Å². The third-order valence-corrected chi connectivity index (χ3v) is 5.19. The van der Waals surface area contributed by atoms with Gasteiger partial charge in [0.2, 0.25) is 11.9 Å². The Balaban J connectivity index is 1.60. The summed E-state index contributed by atoms with van der Waals surface area (Å²) in [4.78, 5) is 56.1. The lowest BCUT2D eigenvalue weighted by Gasteiger charge is -2.26. The normalized spacial score (nSPS) is 15.5. The van der Waals surface area contributed by atoms with E-state index in [9.17, 15) is 19.2 Å². The molecule has 1 aliphatic heterocycles. The van der Waals surface area contributed by atoms with E-state index in [1.54, 1.807) is 31.3 Å². The zero-order valence-electron chi connectivity index (χ0n) is 21.4. The number of ether oxygens (including phenoxy) is 3. The molecule has 2 atom stereocenters. The number of rotatable bonds is 10. The Kier molecular flexibility index (Phi) is 9.10. The molecule has 1 aromatic carbocycles. The largest absolute Gasteiger partial charge is 0.478 e. The summed E-state index contributed by atoms with van der Waals surface area (Å²) >= 11 is 0. The Labute approximate surface area is 214 Å². The summed E-state index contributed by atoms with van der Waals surface area (Å²) in [7, 11) is 0. The fourth-order valence-electron chi connectivity index (χ4n) is 3.44. The second-order valence-corrected chi connectivity index (χ2v) is 9.74. The summed E-state index contributed by atoms with van der Waals surface area (Å²) in [6, 6.07) is 4.08. The van der Waals surface area contributed by atoms with Crippen molar-refractivity contribution in [3.8, 4) is 5.75 Å². The van der Waals surface area contributed by atoms with Crippen LogP contribution in [-0.4, -0.2) is 59.2 Å². The summed E-state index contributed by atoms with van der Waals surface area (Å²) < 4.78 is 16.1. The highest BCUT2D eigenvalue weighted by molar-refractivity contribution is 5.98. The van der Waals surface area contributed by atoms with Crippen molar-refractivity contribution in [1.29, 1.82) is 0 Å². The van der Waals surface area contributed by atoms with E-state index in [-0.39, 0.29) is 49.7 Å². The fraction of sp³-hybridized carbons (Fsp3) is 0.480. The lowest BCUT2D eigenvalue weighted by molar-refractivity contribution is -0.145. The van der Waals surface area contributed by atoms with Gasteiger partial charge in [0.1, 0.15) is 11.8 Å². The summed E-state index contributed by atoms with van der Waals surface area (Å²) in [6.07, 6.45) is 1.89. The van der Waals surface area contributed by atoms with E-state index in [4.69, 9.17) is 14.2 Å². The quantitative estimate of drug-likeness (QED) is 0.351. The number of nitrogens with one attached hydrogen (secondary N) is 4. The monoisotopic (exact) mass is 515 g/mol. The van der Waals surface area contributed by atoms with Gasteiger partial charge in [0.15, 0.2) is 6.10 Å². The summed E-state index contributed by atoms with van der Waals surface area (Å²) in [5, 5.41) is 7.94. The lowest BCUT2D eigenvalue weighted by atomic mass is 9.99. The van der Waals surface area contributed by atoms with E-state index < -0.39 is 24.2 Å². The predicted molar refractivity (Wildman–Crippen MR) is 134 cm³/mol. The minimum atomic E-state index is -0.980. The van der Waals surface area contributed by atoms with Crippen LogP contribution in [0.5, 0.6) is 5.75 Å². The van der Waals surface area contributed by atoms with Crippen molar-refractivity contribution in [3.05, 3.63) is 36.2 Å². The van der Waals surface area contributed by atoms with E-state index in [0.717, 1.165) is 0 Å². The van der Waals surface area contributed by atoms with Crippen LogP contribution in [0.25, 0.3) is 0 Å². The van der Waals surface area contributed by atoms with Crippen LogP contribution in [0.15, 0.2) is 30.6 Å². The van der Waals surface area contributed by atoms with E-state index in [1.165, 1.54) is 6.20 Å². The molecule has 200 valence electrons. The molecule has 0 bridgehead atoms. The highest BCUT2D eigenvalue weighted by Crippen LogP contribution is 2.32. The summed E-state index contributed by atoms with van der Waals surface area (Å²) in [5.41, 5.74) is 0.860. The molecule has 0 fully saturated rings. The van der Waals surface area contributed by atoms with Gasteiger partial charge in [0, 0.05) is 31.7 Å². The second-order valence-electron chi connectivity index (χ2n) is 9.74. The van der Waals surface area contributed by atoms with Gasteiger partial charge in [-0.05, 0) is 30.0 Å². The van der Waals surface area contributed by atoms with Crippen LogP contribution in [0.4, 0.5) is 16.4 Å². The van der Waals surface area contributed by atoms with Crippen molar-refractivity contribution in [1.82, 2.24) is 15.3 Å². The molecule has 12 heteroatoms. The number of benzene rings is 1. The van der Waals surface area contributed by atoms with E-state index >= 15 is 0 Å². The van der Waals surface area contributed by atoms with Crippen LogP contribution in [0.2, 0.25) is 0 Å². The molecule has 4 N–H and O–H groups in total. The molecule has 3 amide bonds. The van der Waals surface area contributed by atoms with Crippen LogP contribution in [0.1, 0.15) is 46.1 Å². The Morgan fingerprint density at radius 3 is 2.68 bits per heavy atom. The maximum atomic E-state index is 12.6. The first-order valence-corrected chi connectivity index (χ1v) is 12.0. The number of fused-ring (bicyclic) bond motifs is 1. The van der Waals surface area contributed by atoms with Crippen LogP contribution in [-0.2, 0) is 30.3 Å². The van der Waals surface area contributed by atoms with Gasteiger partial charge in [0.05, 0.1) is 18.9 Å². The van der Waals surface area contributed by atoms with Crippen LogP contribution >= 0.6 is 0 Å². The number of esters is 1. The Morgan fingerprint density at radius 2 is 2.00 bits per heavy atom. The number of amides is 3. The lowest BCUT2D eigenvalue weighted by Crippen LogP contribution is -2.44. The second kappa shape index (κ2) is 12.2. The van der Waals surface area contributed by atoms with Crippen LogP contribution < -0.4 is 20.7 Å². The summed E-state index contributed by atoms with van der Waals surface area (Å²) in [6.45, 7) is 7.79. The number of aromatic amines is 1. The molecule has 0 spiro atoms. The fourth-order valence-corrected chi connectivity index (χ4v) is 3.44. The zero-order valence-corrected chi connectivity index (χ0v) is 21.4. The number of aromatic nitrogens is 2. The molecule has 3 rings (SSSR count). The molecule has 12 nitrogen and oxygen atoms in total. The number of alkyl carbamates (subject to hydrolysis) is 1. The molecule has 2 aromatic rings. The number of carbonyl (C=O) groups is 4. The molecule has 2 heterocycles. The molecule has 0 aliphatic carbocycles. The summed E-state index contributed by atoms with van der Waals surface area (Å²) in [5.74, 6) is -0.520. The van der Waals surface area contributed by atoms with Gasteiger partial charge in [-0.2, -0.15) is 0 Å². The molecule has 0 saturated carbocycles. The van der Waals surface area contributed by atoms with Crippen LogP contribution in [0, 0.1) is 5.41 Å². The van der Waals surface area contributed by atoms with E-state index in [0.29, 0.717) is 22.9 Å². The topological polar surface area (TPSA) is 161 Å². The number of imidazole rings is 1. The molecular weight excluding hydrogens is 482 g/mol. The Hall–Kier alpha value is -4.09. The molecule has 37 heavy (non-hydrogen) atoms. The molecule has 0 saturated heterocycles. The number of hydrogen-bond acceptors (Lipinski definition) is 8. The number of anilines is 2. The van der Waals surface area contributed by atoms with Gasteiger partial charge in [-0.15, -0.1) is 0 Å². The first-order valence-electron chi connectivity index (χ1n) is 12.0. The third kappa shape index (κ3) is 8.51. The Morgan fingerprint density at radius 1 is 1.22 bits per heavy atom. The molecule has 1 aliphatic rings. The zero-order chi connectivity index (χ0) is 27.0. The molecular formula is C25H33N5O7. The van der Waals surface area contributed by atoms with E-state index in [1.807, 2.05) is 20.8 Å². The van der Waals surface area contributed by atoms with Crippen molar-refractivity contribution < 1.29 is 33.4 Å². The van der Waals surface area contributed by atoms with Gasteiger partial charge in [-0.3, -0.25) is 14.9 Å². The van der Waals surface area contributed by atoms with Gasteiger partial charge in [0.25, 0.3) is 5.91 Å².